The van der Waals surface area contributed by atoms with Crippen LogP contribution in [0.5, 0.6) is 5.75 Å². The molecule has 0 aliphatic heterocycles. The molecule has 6 nitrogen and oxygen atoms in total. The first-order valence-corrected chi connectivity index (χ1v) is 7.91. The number of anilines is 1. The fourth-order valence-electron chi connectivity index (χ4n) is 2.17. The minimum Gasteiger partial charge on any atom is -0.493 e. The maximum Gasteiger partial charge on any atom is 0.335 e. The molecule has 3 N–H and O–H groups in total. The standard InChI is InChI=1S/C17H15ClN2O4S/c1-9-5-3-4-6-11(9)15(21)20-17(25)19-13-8-10(16(22)23)7-12(18)14(13)24-2/h3-8H,1-2H3,(H,22,23)(H2,19,20,21,25). The highest BCUT2D eigenvalue weighted by Crippen LogP contribution is 2.34. The van der Waals surface area contributed by atoms with Gasteiger partial charge in [0, 0.05) is 5.56 Å². The molecule has 0 aliphatic carbocycles. The number of aryl methyl sites for hydroxylation is 1. The molecule has 0 unspecified atom stereocenters. The molecule has 0 saturated heterocycles. The molecule has 0 heterocycles. The summed E-state index contributed by atoms with van der Waals surface area (Å²) in [5.41, 5.74) is 1.48. The van der Waals surface area contributed by atoms with E-state index in [1.165, 1.54) is 19.2 Å². The van der Waals surface area contributed by atoms with Crippen LogP contribution in [0.3, 0.4) is 0 Å². The van der Waals surface area contributed by atoms with E-state index < -0.39 is 5.97 Å². The van der Waals surface area contributed by atoms with Crippen molar-refractivity contribution in [1.82, 2.24) is 5.32 Å². The van der Waals surface area contributed by atoms with E-state index in [1.54, 1.807) is 12.1 Å². The van der Waals surface area contributed by atoms with Crippen molar-refractivity contribution in [2.45, 2.75) is 6.92 Å². The Bertz CT molecular complexity index is 855. The van der Waals surface area contributed by atoms with E-state index in [1.807, 2.05) is 19.1 Å². The molecule has 0 aliphatic rings. The minimum atomic E-state index is -1.15. The van der Waals surface area contributed by atoms with Crippen molar-refractivity contribution in [3.05, 3.63) is 58.1 Å². The van der Waals surface area contributed by atoms with Gasteiger partial charge in [-0.1, -0.05) is 29.8 Å². The number of ether oxygens (including phenoxy) is 1. The average molecular weight is 379 g/mol. The Labute approximate surface area is 154 Å². The molecule has 2 aromatic carbocycles. The number of benzene rings is 2. The fourth-order valence-corrected chi connectivity index (χ4v) is 2.67. The quantitative estimate of drug-likeness (QED) is 0.706. The van der Waals surface area contributed by atoms with Crippen LogP contribution in [-0.4, -0.2) is 29.2 Å². The Balaban J connectivity index is 2.21. The molecule has 25 heavy (non-hydrogen) atoms. The number of hydrogen-bond acceptors (Lipinski definition) is 4. The second-order valence-electron chi connectivity index (χ2n) is 5.07. The third-order valence-corrected chi connectivity index (χ3v) is 3.84. The minimum absolute atomic E-state index is 0.00911. The molecular formula is C17H15ClN2O4S. The number of amides is 1. The Morgan fingerprint density at radius 3 is 2.52 bits per heavy atom. The Kier molecular flexibility index (Phi) is 5.95. The lowest BCUT2D eigenvalue weighted by Gasteiger charge is -2.15. The van der Waals surface area contributed by atoms with Gasteiger partial charge < -0.3 is 15.2 Å². The van der Waals surface area contributed by atoms with Gasteiger partial charge in [0.2, 0.25) is 0 Å². The summed E-state index contributed by atoms with van der Waals surface area (Å²) in [5, 5.41) is 14.5. The van der Waals surface area contributed by atoms with Crippen molar-refractivity contribution >= 4 is 46.5 Å². The first kappa shape index (κ1) is 18.7. The maximum atomic E-state index is 12.3. The van der Waals surface area contributed by atoms with Crippen LogP contribution in [0.25, 0.3) is 0 Å². The first-order chi connectivity index (χ1) is 11.8. The molecule has 0 spiro atoms. The van der Waals surface area contributed by atoms with E-state index in [9.17, 15) is 9.59 Å². The number of nitrogens with one attached hydrogen (secondary N) is 2. The summed E-state index contributed by atoms with van der Waals surface area (Å²) >= 11 is 11.2. The zero-order chi connectivity index (χ0) is 18.6. The SMILES string of the molecule is COc1c(Cl)cc(C(=O)O)cc1NC(=S)NC(=O)c1ccccc1C. The van der Waals surface area contributed by atoms with Crippen molar-refractivity contribution < 1.29 is 19.4 Å². The summed E-state index contributed by atoms with van der Waals surface area (Å²) in [7, 11) is 1.39. The Morgan fingerprint density at radius 2 is 1.92 bits per heavy atom. The zero-order valence-electron chi connectivity index (χ0n) is 13.4. The van der Waals surface area contributed by atoms with Crippen molar-refractivity contribution in [3.63, 3.8) is 0 Å². The number of halogens is 1. The lowest BCUT2D eigenvalue weighted by Crippen LogP contribution is -2.34. The molecule has 0 bridgehead atoms. The van der Waals surface area contributed by atoms with Crippen LogP contribution in [0.15, 0.2) is 36.4 Å². The summed E-state index contributed by atoms with van der Waals surface area (Å²) in [6.45, 7) is 1.81. The number of aromatic carboxylic acids is 1. The van der Waals surface area contributed by atoms with E-state index in [0.29, 0.717) is 5.56 Å². The van der Waals surface area contributed by atoms with E-state index in [4.69, 9.17) is 33.7 Å². The number of thiocarbonyl (C=S) groups is 1. The smallest absolute Gasteiger partial charge is 0.335 e. The van der Waals surface area contributed by atoms with Crippen LogP contribution in [0.4, 0.5) is 5.69 Å². The topological polar surface area (TPSA) is 87.7 Å². The van der Waals surface area contributed by atoms with Crippen LogP contribution < -0.4 is 15.4 Å². The summed E-state index contributed by atoms with van der Waals surface area (Å²) in [4.78, 5) is 23.4. The summed E-state index contributed by atoms with van der Waals surface area (Å²) in [6, 6.07) is 9.65. The van der Waals surface area contributed by atoms with Crippen LogP contribution in [-0.2, 0) is 0 Å². The molecule has 0 saturated carbocycles. The maximum absolute atomic E-state index is 12.3. The van der Waals surface area contributed by atoms with Gasteiger partial charge in [-0.2, -0.15) is 0 Å². The molecule has 0 fully saturated rings. The van der Waals surface area contributed by atoms with Gasteiger partial charge in [0.1, 0.15) is 0 Å². The molecular weight excluding hydrogens is 364 g/mol. The van der Waals surface area contributed by atoms with E-state index in [-0.39, 0.29) is 33.0 Å². The van der Waals surface area contributed by atoms with Crippen LogP contribution in [0.2, 0.25) is 5.02 Å². The number of hydrogen-bond donors (Lipinski definition) is 3. The predicted molar refractivity (Wildman–Crippen MR) is 99.8 cm³/mol. The van der Waals surface area contributed by atoms with Crippen molar-refractivity contribution in [2.75, 3.05) is 12.4 Å². The number of carboxylic acid groups (broad SMARTS) is 1. The van der Waals surface area contributed by atoms with Crippen LogP contribution in [0, 0.1) is 6.92 Å². The largest absolute Gasteiger partial charge is 0.493 e. The summed E-state index contributed by atoms with van der Waals surface area (Å²) in [5.74, 6) is -1.31. The highest BCUT2D eigenvalue weighted by Gasteiger charge is 2.16. The average Bonchev–Trinajstić information content (AvgIpc) is 2.54. The van der Waals surface area contributed by atoms with Gasteiger partial charge in [0.15, 0.2) is 10.9 Å². The third-order valence-electron chi connectivity index (χ3n) is 3.36. The summed E-state index contributed by atoms with van der Waals surface area (Å²) < 4.78 is 5.16. The lowest BCUT2D eigenvalue weighted by atomic mass is 10.1. The second kappa shape index (κ2) is 7.96. The van der Waals surface area contributed by atoms with Crippen LogP contribution in [0.1, 0.15) is 26.3 Å². The molecule has 130 valence electrons. The molecule has 8 heteroatoms. The number of carbonyl (C=O) groups excluding carboxylic acids is 1. The van der Waals surface area contributed by atoms with Gasteiger partial charge in [-0.15, -0.1) is 0 Å². The number of carbonyl (C=O) groups is 2. The molecule has 2 aromatic rings. The van der Waals surface area contributed by atoms with E-state index >= 15 is 0 Å². The fraction of sp³-hybridized carbons (Fsp3) is 0.118. The Hall–Kier alpha value is -2.64. The molecule has 0 radical (unpaired) electrons. The van der Waals surface area contributed by atoms with Crippen molar-refractivity contribution in [2.24, 2.45) is 0 Å². The molecule has 0 atom stereocenters. The normalized spacial score (nSPS) is 10.0. The number of carboxylic acids is 1. The molecule has 0 aromatic heterocycles. The highest BCUT2D eigenvalue weighted by atomic mass is 35.5. The second-order valence-corrected chi connectivity index (χ2v) is 5.88. The Morgan fingerprint density at radius 1 is 1.24 bits per heavy atom. The van der Waals surface area contributed by atoms with Gasteiger partial charge in [-0.05, 0) is 42.9 Å². The van der Waals surface area contributed by atoms with E-state index in [0.717, 1.165) is 5.56 Å². The van der Waals surface area contributed by atoms with Gasteiger partial charge in [0.05, 0.1) is 23.4 Å². The third kappa shape index (κ3) is 4.46. The van der Waals surface area contributed by atoms with Gasteiger partial charge in [0.25, 0.3) is 5.91 Å². The molecule has 1 amide bonds. The van der Waals surface area contributed by atoms with Crippen LogP contribution >= 0.6 is 23.8 Å². The van der Waals surface area contributed by atoms with Crippen molar-refractivity contribution in [3.8, 4) is 5.75 Å². The monoisotopic (exact) mass is 378 g/mol. The predicted octanol–water partition coefficient (Wildman–Crippen LogP) is 3.48. The van der Waals surface area contributed by atoms with Gasteiger partial charge in [-0.25, -0.2) is 4.79 Å². The first-order valence-electron chi connectivity index (χ1n) is 7.12. The highest BCUT2D eigenvalue weighted by molar-refractivity contribution is 7.80. The van der Waals surface area contributed by atoms with Gasteiger partial charge in [-0.3, -0.25) is 10.1 Å². The van der Waals surface area contributed by atoms with Crippen molar-refractivity contribution in [1.29, 1.82) is 0 Å². The van der Waals surface area contributed by atoms with Gasteiger partial charge >= 0.3 is 5.97 Å². The van der Waals surface area contributed by atoms with E-state index in [2.05, 4.69) is 10.6 Å². The number of methoxy groups -OCH3 is 1. The zero-order valence-corrected chi connectivity index (χ0v) is 15.0. The number of rotatable bonds is 4. The molecule has 2 rings (SSSR count). The summed E-state index contributed by atoms with van der Waals surface area (Å²) in [6.07, 6.45) is 0. The lowest BCUT2D eigenvalue weighted by molar-refractivity contribution is 0.0696.